The van der Waals surface area contributed by atoms with Crippen molar-refractivity contribution in [2.45, 2.75) is 25.3 Å². The van der Waals surface area contributed by atoms with Crippen molar-refractivity contribution < 1.29 is 4.74 Å². The highest BCUT2D eigenvalue weighted by Crippen LogP contribution is 2.27. The molecule has 1 saturated heterocycles. The molecule has 0 amide bonds. The summed E-state index contributed by atoms with van der Waals surface area (Å²) in [4.78, 5) is 0. The highest BCUT2D eigenvalue weighted by atomic mass is 35.5. The standard InChI is InChI=1S/C14H20ClNO/c1-14(10-17-2)8-12(9-16-14)7-11-3-5-13(15)6-4-11/h3-6,12,16H,7-10H2,1-2H3. The molecule has 1 aliphatic rings. The van der Waals surface area contributed by atoms with Crippen LogP contribution in [0.25, 0.3) is 0 Å². The fourth-order valence-electron chi connectivity index (χ4n) is 2.70. The molecule has 2 rings (SSSR count). The van der Waals surface area contributed by atoms with E-state index in [0.717, 1.165) is 24.6 Å². The van der Waals surface area contributed by atoms with E-state index in [1.807, 2.05) is 12.1 Å². The molecule has 17 heavy (non-hydrogen) atoms. The lowest BCUT2D eigenvalue weighted by molar-refractivity contribution is 0.128. The van der Waals surface area contributed by atoms with Crippen LogP contribution in [0.3, 0.4) is 0 Å². The third-order valence-electron chi connectivity index (χ3n) is 3.46. The number of nitrogens with one attached hydrogen (secondary N) is 1. The number of ether oxygens (including phenoxy) is 1. The Bertz CT molecular complexity index is 365. The van der Waals surface area contributed by atoms with Gasteiger partial charge in [-0.3, -0.25) is 0 Å². The molecule has 0 saturated carbocycles. The monoisotopic (exact) mass is 253 g/mol. The van der Waals surface area contributed by atoms with E-state index in [2.05, 4.69) is 24.4 Å². The first kappa shape index (κ1) is 12.9. The summed E-state index contributed by atoms with van der Waals surface area (Å²) in [5.41, 5.74) is 1.51. The van der Waals surface area contributed by atoms with Crippen molar-refractivity contribution in [3.63, 3.8) is 0 Å². The minimum atomic E-state index is 0.145. The minimum absolute atomic E-state index is 0.145. The summed E-state index contributed by atoms with van der Waals surface area (Å²) in [5, 5.41) is 4.37. The zero-order chi connectivity index (χ0) is 12.3. The first-order valence-electron chi connectivity index (χ1n) is 6.10. The molecule has 1 aromatic rings. The highest BCUT2D eigenvalue weighted by Gasteiger charge is 2.34. The SMILES string of the molecule is COCC1(C)CC(Cc2ccc(Cl)cc2)CN1. The average molecular weight is 254 g/mol. The second kappa shape index (κ2) is 5.38. The Balaban J connectivity index is 1.91. The van der Waals surface area contributed by atoms with Gasteiger partial charge in [-0.2, -0.15) is 0 Å². The van der Waals surface area contributed by atoms with Gasteiger partial charge >= 0.3 is 0 Å². The van der Waals surface area contributed by atoms with E-state index >= 15 is 0 Å². The van der Waals surface area contributed by atoms with E-state index in [-0.39, 0.29) is 5.54 Å². The van der Waals surface area contributed by atoms with Crippen LogP contribution in [-0.2, 0) is 11.2 Å². The van der Waals surface area contributed by atoms with Gasteiger partial charge in [0.25, 0.3) is 0 Å². The van der Waals surface area contributed by atoms with Crippen LogP contribution in [0.1, 0.15) is 18.9 Å². The third-order valence-corrected chi connectivity index (χ3v) is 3.71. The summed E-state index contributed by atoms with van der Waals surface area (Å²) in [6.45, 7) is 4.09. The Labute approximate surface area is 108 Å². The van der Waals surface area contributed by atoms with E-state index in [0.29, 0.717) is 5.92 Å². The number of halogens is 1. The van der Waals surface area contributed by atoms with Crippen LogP contribution in [0.2, 0.25) is 5.02 Å². The van der Waals surface area contributed by atoms with Gasteiger partial charge in [0.1, 0.15) is 0 Å². The number of methoxy groups -OCH3 is 1. The quantitative estimate of drug-likeness (QED) is 0.891. The Morgan fingerprint density at radius 2 is 2.12 bits per heavy atom. The van der Waals surface area contributed by atoms with Crippen LogP contribution in [0.5, 0.6) is 0 Å². The summed E-state index contributed by atoms with van der Waals surface area (Å²) in [6.07, 6.45) is 2.28. The number of benzene rings is 1. The Morgan fingerprint density at radius 3 is 2.76 bits per heavy atom. The molecule has 1 aromatic carbocycles. The summed E-state index contributed by atoms with van der Waals surface area (Å²) in [6, 6.07) is 8.17. The molecule has 0 bridgehead atoms. The van der Waals surface area contributed by atoms with E-state index in [9.17, 15) is 0 Å². The second-order valence-corrected chi connectivity index (χ2v) is 5.71. The maximum Gasteiger partial charge on any atom is 0.0641 e. The molecule has 2 unspecified atom stereocenters. The lowest BCUT2D eigenvalue weighted by Crippen LogP contribution is -2.40. The van der Waals surface area contributed by atoms with Crippen LogP contribution in [0.4, 0.5) is 0 Å². The van der Waals surface area contributed by atoms with Gasteiger partial charge in [0.15, 0.2) is 0 Å². The maximum atomic E-state index is 5.89. The number of hydrogen-bond donors (Lipinski definition) is 1. The fourth-order valence-corrected chi connectivity index (χ4v) is 2.82. The van der Waals surface area contributed by atoms with Crippen LogP contribution in [-0.4, -0.2) is 25.8 Å². The molecule has 3 heteroatoms. The predicted molar refractivity (Wildman–Crippen MR) is 71.5 cm³/mol. The molecule has 1 aliphatic heterocycles. The van der Waals surface area contributed by atoms with Crippen LogP contribution in [0, 0.1) is 5.92 Å². The normalized spacial score (nSPS) is 28.5. The summed E-state index contributed by atoms with van der Waals surface area (Å²) >= 11 is 5.89. The Kier molecular flexibility index (Phi) is 4.08. The van der Waals surface area contributed by atoms with Crippen molar-refractivity contribution in [3.8, 4) is 0 Å². The van der Waals surface area contributed by atoms with Crippen LogP contribution in [0.15, 0.2) is 24.3 Å². The van der Waals surface area contributed by atoms with Gasteiger partial charge in [-0.15, -0.1) is 0 Å². The van der Waals surface area contributed by atoms with Gasteiger partial charge in [0, 0.05) is 17.7 Å². The number of hydrogen-bond acceptors (Lipinski definition) is 2. The minimum Gasteiger partial charge on any atom is -0.383 e. The molecule has 2 nitrogen and oxygen atoms in total. The topological polar surface area (TPSA) is 21.3 Å². The van der Waals surface area contributed by atoms with Crippen molar-refractivity contribution in [3.05, 3.63) is 34.9 Å². The van der Waals surface area contributed by atoms with Crippen molar-refractivity contribution >= 4 is 11.6 Å². The molecule has 0 radical (unpaired) electrons. The Hall–Kier alpha value is -0.570. The summed E-state index contributed by atoms with van der Waals surface area (Å²) in [7, 11) is 1.76. The van der Waals surface area contributed by atoms with E-state index in [1.165, 1.54) is 12.0 Å². The largest absolute Gasteiger partial charge is 0.383 e. The van der Waals surface area contributed by atoms with Gasteiger partial charge < -0.3 is 10.1 Å². The lowest BCUT2D eigenvalue weighted by atomic mass is 9.91. The zero-order valence-corrected chi connectivity index (χ0v) is 11.3. The molecule has 0 aromatic heterocycles. The molecule has 0 aliphatic carbocycles. The van der Waals surface area contributed by atoms with Crippen molar-refractivity contribution in [2.75, 3.05) is 20.3 Å². The van der Waals surface area contributed by atoms with Crippen LogP contribution >= 0.6 is 11.6 Å². The summed E-state index contributed by atoms with van der Waals surface area (Å²) < 4.78 is 5.26. The Morgan fingerprint density at radius 1 is 1.41 bits per heavy atom. The van der Waals surface area contributed by atoms with Crippen molar-refractivity contribution in [1.82, 2.24) is 5.32 Å². The third kappa shape index (κ3) is 3.44. The van der Waals surface area contributed by atoms with E-state index in [4.69, 9.17) is 16.3 Å². The van der Waals surface area contributed by atoms with Crippen LogP contribution < -0.4 is 5.32 Å². The van der Waals surface area contributed by atoms with Gasteiger partial charge in [-0.05, 0) is 49.9 Å². The molecule has 1 N–H and O–H groups in total. The number of rotatable bonds is 4. The molecular formula is C14H20ClNO. The van der Waals surface area contributed by atoms with Gasteiger partial charge in [-0.1, -0.05) is 23.7 Å². The molecule has 94 valence electrons. The molecule has 0 spiro atoms. The fraction of sp³-hybridized carbons (Fsp3) is 0.571. The lowest BCUT2D eigenvalue weighted by Gasteiger charge is -2.23. The zero-order valence-electron chi connectivity index (χ0n) is 10.5. The molecule has 1 heterocycles. The first-order valence-corrected chi connectivity index (χ1v) is 6.47. The van der Waals surface area contributed by atoms with Gasteiger partial charge in [0.2, 0.25) is 0 Å². The molecular weight excluding hydrogens is 234 g/mol. The molecule has 2 atom stereocenters. The predicted octanol–water partition coefficient (Wildman–Crippen LogP) is 2.90. The van der Waals surface area contributed by atoms with E-state index < -0.39 is 0 Å². The maximum absolute atomic E-state index is 5.89. The van der Waals surface area contributed by atoms with Crippen molar-refractivity contribution in [2.24, 2.45) is 5.92 Å². The van der Waals surface area contributed by atoms with Crippen molar-refractivity contribution in [1.29, 1.82) is 0 Å². The summed E-state index contributed by atoms with van der Waals surface area (Å²) in [5.74, 6) is 0.691. The average Bonchev–Trinajstić information content (AvgIpc) is 2.64. The smallest absolute Gasteiger partial charge is 0.0641 e. The van der Waals surface area contributed by atoms with Gasteiger partial charge in [0.05, 0.1) is 6.61 Å². The highest BCUT2D eigenvalue weighted by molar-refractivity contribution is 6.30. The van der Waals surface area contributed by atoms with E-state index in [1.54, 1.807) is 7.11 Å². The second-order valence-electron chi connectivity index (χ2n) is 5.28. The molecule has 1 fully saturated rings. The first-order chi connectivity index (χ1) is 8.11. The van der Waals surface area contributed by atoms with Gasteiger partial charge in [-0.25, -0.2) is 0 Å².